The highest BCUT2D eigenvalue weighted by atomic mass is 32.2. The van der Waals surface area contributed by atoms with Gasteiger partial charge in [0.05, 0.1) is 32.5 Å². The number of fused-ring (bicyclic) bond motifs is 10. The normalized spacial score (nSPS) is 15.7. The van der Waals surface area contributed by atoms with Crippen LogP contribution in [0, 0.1) is 0 Å². The van der Waals surface area contributed by atoms with Gasteiger partial charge in [-0.25, -0.2) is 8.42 Å². The summed E-state index contributed by atoms with van der Waals surface area (Å²) in [5.74, 6) is 1.49. The van der Waals surface area contributed by atoms with E-state index >= 15 is 0 Å². The predicted octanol–water partition coefficient (Wildman–Crippen LogP) is 13.0. The van der Waals surface area contributed by atoms with Gasteiger partial charge in [0.15, 0.2) is 11.5 Å². The van der Waals surface area contributed by atoms with Gasteiger partial charge in [-0.1, -0.05) is 111 Å². The van der Waals surface area contributed by atoms with E-state index in [4.69, 9.17) is 4.74 Å². The Morgan fingerprint density at radius 2 is 1.07 bits per heavy atom. The summed E-state index contributed by atoms with van der Waals surface area (Å²) in [5, 5.41) is 4.45. The standard InChI is InChI=1S/C47H32N2O3S2/c1-47(2)35-27-31(48-37-15-7-9-17-39(37)52-40-23-19-29-11-3-5-13-33(29)45(40)48)21-25-43(35)54(50,51)44-26-22-32(28-36(44)47)49-38-16-8-10-18-41(38)53-42-24-20-30-12-4-6-14-34(30)46(42)49/h3-28H,1-2H3. The second-order valence-corrected chi connectivity index (χ2v) is 17.5. The molecule has 0 radical (unpaired) electrons. The first kappa shape index (κ1) is 31.5. The van der Waals surface area contributed by atoms with Crippen molar-refractivity contribution in [2.75, 3.05) is 9.80 Å². The molecule has 0 saturated heterocycles. The molecule has 0 fully saturated rings. The van der Waals surface area contributed by atoms with Gasteiger partial charge in [-0.3, -0.25) is 0 Å². The minimum atomic E-state index is -3.84. The van der Waals surface area contributed by atoms with Crippen LogP contribution < -0.4 is 14.5 Å². The van der Waals surface area contributed by atoms with E-state index < -0.39 is 15.3 Å². The van der Waals surface area contributed by atoms with Crippen molar-refractivity contribution in [1.29, 1.82) is 0 Å². The number of hydrogen-bond acceptors (Lipinski definition) is 6. The molecule has 3 aliphatic rings. The average Bonchev–Trinajstić information content (AvgIpc) is 3.21. The maximum absolute atomic E-state index is 14.7. The number of hydrogen-bond donors (Lipinski definition) is 0. The maximum atomic E-state index is 14.7. The fourth-order valence-corrected chi connectivity index (χ4v) is 11.6. The molecular weight excluding hydrogens is 705 g/mol. The molecule has 11 rings (SSSR count). The van der Waals surface area contributed by atoms with Crippen molar-refractivity contribution in [2.24, 2.45) is 0 Å². The van der Waals surface area contributed by atoms with E-state index in [0.29, 0.717) is 9.79 Å². The molecule has 3 aliphatic heterocycles. The zero-order chi connectivity index (χ0) is 36.3. The van der Waals surface area contributed by atoms with Crippen molar-refractivity contribution in [3.8, 4) is 11.5 Å². The highest BCUT2D eigenvalue weighted by Gasteiger charge is 2.42. The molecule has 0 aromatic heterocycles. The summed E-state index contributed by atoms with van der Waals surface area (Å²) < 4.78 is 35.8. The first-order valence-corrected chi connectivity index (χ1v) is 20.3. The lowest BCUT2D eigenvalue weighted by atomic mass is 9.77. The number of rotatable bonds is 2. The molecule has 0 atom stereocenters. The number of benzene rings is 8. The van der Waals surface area contributed by atoms with Crippen LogP contribution in [0.15, 0.2) is 177 Å². The van der Waals surface area contributed by atoms with E-state index in [1.54, 1.807) is 17.8 Å². The fourth-order valence-electron chi connectivity index (χ4n) is 8.59. The molecule has 8 aromatic rings. The quantitative estimate of drug-likeness (QED) is 0.176. The first-order valence-electron chi connectivity index (χ1n) is 18.0. The summed E-state index contributed by atoms with van der Waals surface area (Å²) >= 11 is 1.77. The molecule has 0 aliphatic carbocycles. The third-order valence-corrected chi connectivity index (χ3v) is 14.2. The molecule has 5 nitrogen and oxygen atoms in total. The van der Waals surface area contributed by atoms with Crippen molar-refractivity contribution < 1.29 is 13.2 Å². The Labute approximate surface area is 318 Å². The highest BCUT2D eigenvalue weighted by Crippen LogP contribution is 2.57. The van der Waals surface area contributed by atoms with E-state index in [1.807, 2.05) is 54.6 Å². The summed E-state index contributed by atoms with van der Waals surface area (Å²) in [6.45, 7) is 4.29. The number of anilines is 6. The van der Waals surface area contributed by atoms with Gasteiger partial charge < -0.3 is 14.5 Å². The molecule has 3 heterocycles. The molecule has 0 unspecified atom stereocenters. The Morgan fingerprint density at radius 1 is 0.519 bits per heavy atom. The third-order valence-electron chi connectivity index (χ3n) is 11.2. The summed E-state index contributed by atoms with van der Waals surface area (Å²) in [6.07, 6.45) is 0. The van der Waals surface area contributed by atoms with Crippen LogP contribution in [0.3, 0.4) is 0 Å². The van der Waals surface area contributed by atoms with Crippen LogP contribution in [-0.4, -0.2) is 8.42 Å². The zero-order valence-corrected chi connectivity index (χ0v) is 31.1. The summed E-state index contributed by atoms with van der Waals surface area (Å²) in [4.78, 5) is 7.53. The van der Waals surface area contributed by atoms with Gasteiger partial charge in [0.1, 0.15) is 0 Å². The molecule has 0 N–H and O–H groups in total. The van der Waals surface area contributed by atoms with E-state index in [-0.39, 0.29) is 0 Å². The van der Waals surface area contributed by atoms with Crippen molar-refractivity contribution >= 4 is 77.3 Å². The minimum Gasteiger partial charge on any atom is -0.453 e. The number of nitrogens with zero attached hydrogens (tertiary/aromatic N) is 2. The molecule has 7 heteroatoms. The number of para-hydroxylation sites is 3. The van der Waals surface area contributed by atoms with E-state index in [2.05, 4.69) is 121 Å². The van der Waals surface area contributed by atoms with Crippen LogP contribution in [-0.2, 0) is 15.3 Å². The minimum absolute atomic E-state index is 0.340. The van der Waals surface area contributed by atoms with Gasteiger partial charge in [0.2, 0.25) is 9.84 Å². The molecule has 54 heavy (non-hydrogen) atoms. The lowest BCUT2D eigenvalue weighted by Crippen LogP contribution is -2.30. The Balaban J connectivity index is 1.12. The molecule has 8 aromatic carbocycles. The second kappa shape index (κ2) is 11.2. The third kappa shape index (κ3) is 4.37. The van der Waals surface area contributed by atoms with Crippen LogP contribution in [0.2, 0.25) is 0 Å². The van der Waals surface area contributed by atoms with Crippen molar-refractivity contribution in [3.05, 3.63) is 169 Å². The van der Waals surface area contributed by atoms with E-state index in [9.17, 15) is 8.42 Å². The second-order valence-electron chi connectivity index (χ2n) is 14.6. The topological polar surface area (TPSA) is 49.9 Å². The lowest BCUT2D eigenvalue weighted by molar-refractivity contribution is 0.478. The Kier molecular flexibility index (Phi) is 6.56. The average molecular weight is 737 g/mol. The van der Waals surface area contributed by atoms with Gasteiger partial charge in [-0.15, -0.1) is 0 Å². The van der Waals surface area contributed by atoms with Crippen LogP contribution >= 0.6 is 11.8 Å². The van der Waals surface area contributed by atoms with Crippen molar-refractivity contribution in [3.63, 3.8) is 0 Å². The van der Waals surface area contributed by atoms with Gasteiger partial charge >= 0.3 is 0 Å². The molecule has 0 spiro atoms. The van der Waals surface area contributed by atoms with Crippen molar-refractivity contribution in [2.45, 2.75) is 38.8 Å². The Bertz CT molecular complexity index is 2830. The largest absolute Gasteiger partial charge is 0.453 e. The van der Waals surface area contributed by atoms with E-state index in [0.717, 1.165) is 88.1 Å². The highest BCUT2D eigenvalue weighted by molar-refractivity contribution is 7.99. The molecule has 260 valence electrons. The van der Waals surface area contributed by atoms with Crippen LogP contribution in [0.25, 0.3) is 21.5 Å². The summed E-state index contributed by atoms with van der Waals surface area (Å²) in [5.41, 5.74) is 6.66. The summed E-state index contributed by atoms with van der Waals surface area (Å²) in [6, 6.07) is 53.4. The predicted molar refractivity (Wildman–Crippen MR) is 219 cm³/mol. The molecular formula is C47H32N2O3S2. The van der Waals surface area contributed by atoms with Crippen LogP contribution in [0.1, 0.15) is 25.0 Å². The molecule has 0 amide bonds. The SMILES string of the molecule is CC1(C)c2cc(N3c4ccccc4Oc4ccc5ccccc5c43)ccc2S(=O)(=O)c2ccc(N3c4ccccc4Sc4ccc5ccccc5c43)cc21. The zero-order valence-electron chi connectivity index (χ0n) is 29.4. The van der Waals surface area contributed by atoms with Gasteiger partial charge in [0.25, 0.3) is 0 Å². The maximum Gasteiger partial charge on any atom is 0.207 e. The fraction of sp³-hybridized carbons (Fsp3) is 0.0638. The monoisotopic (exact) mass is 736 g/mol. The molecule has 0 bridgehead atoms. The van der Waals surface area contributed by atoms with Crippen LogP contribution in [0.4, 0.5) is 34.1 Å². The van der Waals surface area contributed by atoms with Gasteiger partial charge in [-0.2, -0.15) is 0 Å². The van der Waals surface area contributed by atoms with Crippen LogP contribution in [0.5, 0.6) is 11.5 Å². The number of ether oxygens (including phenoxy) is 1. The first-order chi connectivity index (χ1) is 26.3. The summed E-state index contributed by atoms with van der Waals surface area (Å²) in [7, 11) is -3.84. The lowest BCUT2D eigenvalue weighted by Gasteiger charge is -2.39. The molecule has 0 saturated carbocycles. The van der Waals surface area contributed by atoms with Gasteiger partial charge in [0, 0.05) is 37.4 Å². The smallest absolute Gasteiger partial charge is 0.207 e. The Hall–Kier alpha value is -6.02. The Morgan fingerprint density at radius 3 is 1.78 bits per heavy atom. The van der Waals surface area contributed by atoms with Gasteiger partial charge in [-0.05, 0) is 94.7 Å². The number of sulfone groups is 1. The van der Waals surface area contributed by atoms with E-state index in [1.165, 1.54) is 0 Å². The van der Waals surface area contributed by atoms with Crippen molar-refractivity contribution in [1.82, 2.24) is 0 Å².